The standard InChI is InChI=1S/C25H27NO3/c1-25(28,22-13-11-21(12-14-22)20-6-4-3-5-7-20)18-26-24(27)17-10-19-8-15-23(29-2)16-9-19/h3-9,11-16,28H,10,17-18H2,1-2H3,(H,26,27). The van der Waals surface area contributed by atoms with E-state index >= 15 is 0 Å². The van der Waals surface area contributed by atoms with Crippen molar-refractivity contribution in [3.05, 3.63) is 90.0 Å². The number of amides is 1. The molecule has 29 heavy (non-hydrogen) atoms. The minimum absolute atomic E-state index is 0.0815. The molecule has 0 bridgehead atoms. The second-order valence-corrected chi connectivity index (χ2v) is 7.34. The molecular weight excluding hydrogens is 362 g/mol. The molecule has 3 rings (SSSR count). The Bertz CT molecular complexity index is 917. The number of nitrogens with one attached hydrogen (secondary N) is 1. The zero-order valence-electron chi connectivity index (χ0n) is 16.9. The summed E-state index contributed by atoms with van der Waals surface area (Å²) in [4.78, 5) is 12.2. The second kappa shape index (κ2) is 9.39. The lowest BCUT2D eigenvalue weighted by atomic mass is 9.93. The maximum absolute atomic E-state index is 12.2. The predicted molar refractivity (Wildman–Crippen MR) is 116 cm³/mol. The number of hydrogen-bond acceptors (Lipinski definition) is 3. The Morgan fingerprint density at radius 3 is 2.17 bits per heavy atom. The number of ether oxygens (including phenoxy) is 1. The van der Waals surface area contributed by atoms with Crippen LogP contribution in [0.2, 0.25) is 0 Å². The van der Waals surface area contributed by atoms with Crippen LogP contribution in [-0.4, -0.2) is 24.7 Å². The van der Waals surface area contributed by atoms with Crippen LogP contribution < -0.4 is 10.1 Å². The van der Waals surface area contributed by atoms with Crippen LogP contribution in [-0.2, 0) is 16.8 Å². The zero-order valence-corrected chi connectivity index (χ0v) is 16.9. The summed E-state index contributed by atoms with van der Waals surface area (Å²) in [6, 6.07) is 25.6. The zero-order chi connectivity index (χ0) is 20.7. The molecule has 0 spiro atoms. The minimum atomic E-state index is -1.13. The number of methoxy groups -OCH3 is 1. The van der Waals surface area contributed by atoms with E-state index < -0.39 is 5.60 Å². The summed E-state index contributed by atoms with van der Waals surface area (Å²) in [5.74, 6) is 0.717. The van der Waals surface area contributed by atoms with Gasteiger partial charge in [-0.25, -0.2) is 0 Å². The summed E-state index contributed by atoms with van der Waals surface area (Å²) in [5, 5.41) is 13.7. The van der Waals surface area contributed by atoms with Crippen molar-refractivity contribution in [1.29, 1.82) is 0 Å². The molecule has 0 fully saturated rings. The average Bonchev–Trinajstić information content (AvgIpc) is 2.77. The van der Waals surface area contributed by atoms with Crippen molar-refractivity contribution in [3.63, 3.8) is 0 Å². The number of rotatable bonds is 8. The molecule has 0 aliphatic carbocycles. The van der Waals surface area contributed by atoms with Crippen molar-refractivity contribution in [2.24, 2.45) is 0 Å². The van der Waals surface area contributed by atoms with E-state index in [1.807, 2.05) is 66.7 Å². The van der Waals surface area contributed by atoms with Gasteiger partial charge in [0.2, 0.25) is 5.91 Å². The van der Waals surface area contributed by atoms with Crippen LogP contribution in [0.1, 0.15) is 24.5 Å². The summed E-state index contributed by atoms with van der Waals surface area (Å²) < 4.78 is 5.14. The fourth-order valence-electron chi connectivity index (χ4n) is 3.16. The van der Waals surface area contributed by atoms with E-state index in [1.54, 1.807) is 14.0 Å². The van der Waals surface area contributed by atoms with Crippen molar-refractivity contribution in [3.8, 4) is 16.9 Å². The molecule has 0 saturated heterocycles. The molecule has 150 valence electrons. The number of benzene rings is 3. The lowest BCUT2D eigenvalue weighted by Crippen LogP contribution is -2.38. The van der Waals surface area contributed by atoms with Gasteiger partial charge in [0, 0.05) is 6.42 Å². The van der Waals surface area contributed by atoms with Crippen molar-refractivity contribution in [1.82, 2.24) is 5.32 Å². The first-order valence-electron chi connectivity index (χ1n) is 9.76. The summed E-state index contributed by atoms with van der Waals surface area (Å²) in [6.07, 6.45) is 1.01. The minimum Gasteiger partial charge on any atom is -0.497 e. The molecule has 4 nitrogen and oxygen atoms in total. The van der Waals surface area contributed by atoms with Gasteiger partial charge >= 0.3 is 0 Å². The number of aryl methyl sites for hydroxylation is 1. The Morgan fingerprint density at radius 2 is 1.55 bits per heavy atom. The van der Waals surface area contributed by atoms with Crippen LogP contribution in [0.25, 0.3) is 11.1 Å². The molecule has 0 aliphatic heterocycles. The van der Waals surface area contributed by atoms with Crippen LogP contribution in [0, 0.1) is 0 Å². The van der Waals surface area contributed by atoms with Gasteiger partial charge in [0.1, 0.15) is 11.4 Å². The normalized spacial score (nSPS) is 12.8. The van der Waals surface area contributed by atoms with Gasteiger partial charge in [-0.2, -0.15) is 0 Å². The highest BCUT2D eigenvalue weighted by Gasteiger charge is 2.23. The molecule has 0 radical (unpaired) electrons. The molecule has 3 aromatic carbocycles. The largest absolute Gasteiger partial charge is 0.497 e. The Balaban J connectivity index is 1.52. The molecule has 0 heterocycles. The van der Waals surface area contributed by atoms with E-state index in [-0.39, 0.29) is 12.5 Å². The molecule has 1 amide bonds. The van der Waals surface area contributed by atoms with Gasteiger partial charge in [-0.3, -0.25) is 4.79 Å². The first kappa shape index (κ1) is 20.6. The van der Waals surface area contributed by atoms with Crippen LogP contribution >= 0.6 is 0 Å². The molecule has 0 aliphatic rings. The lowest BCUT2D eigenvalue weighted by Gasteiger charge is -2.24. The maximum atomic E-state index is 12.2. The second-order valence-electron chi connectivity index (χ2n) is 7.34. The lowest BCUT2D eigenvalue weighted by molar-refractivity contribution is -0.122. The smallest absolute Gasteiger partial charge is 0.220 e. The highest BCUT2D eigenvalue weighted by Crippen LogP contribution is 2.25. The summed E-state index contributed by atoms with van der Waals surface area (Å²) in [5.41, 5.74) is 2.93. The monoisotopic (exact) mass is 389 g/mol. The van der Waals surface area contributed by atoms with Crippen molar-refractivity contribution < 1.29 is 14.6 Å². The third-order valence-corrected chi connectivity index (χ3v) is 5.04. The number of aliphatic hydroxyl groups is 1. The topological polar surface area (TPSA) is 58.6 Å². The van der Waals surface area contributed by atoms with E-state index in [2.05, 4.69) is 17.4 Å². The predicted octanol–water partition coefficient (Wildman–Crippen LogP) is 4.32. The van der Waals surface area contributed by atoms with Gasteiger partial charge in [0.05, 0.1) is 13.7 Å². The summed E-state index contributed by atoms with van der Waals surface area (Å²) in [6.45, 7) is 1.88. The van der Waals surface area contributed by atoms with Crippen LogP contribution in [0.5, 0.6) is 5.75 Å². The van der Waals surface area contributed by atoms with Gasteiger partial charge in [-0.05, 0) is 47.7 Å². The fourth-order valence-corrected chi connectivity index (χ4v) is 3.16. The number of carbonyl (C=O) groups is 1. The first-order valence-corrected chi connectivity index (χ1v) is 9.76. The van der Waals surface area contributed by atoms with Crippen molar-refractivity contribution >= 4 is 5.91 Å². The van der Waals surface area contributed by atoms with Crippen LogP contribution in [0.3, 0.4) is 0 Å². The van der Waals surface area contributed by atoms with E-state index in [0.29, 0.717) is 12.8 Å². The van der Waals surface area contributed by atoms with Crippen molar-refractivity contribution in [2.45, 2.75) is 25.4 Å². The molecule has 1 unspecified atom stereocenters. The average molecular weight is 389 g/mol. The van der Waals surface area contributed by atoms with E-state index in [1.165, 1.54) is 0 Å². The molecular formula is C25H27NO3. The van der Waals surface area contributed by atoms with E-state index in [9.17, 15) is 9.90 Å². The number of carbonyl (C=O) groups excluding carboxylic acids is 1. The fraction of sp³-hybridized carbons (Fsp3) is 0.240. The van der Waals surface area contributed by atoms with Crippen molar-refractivity contribution in [2.75, 3.05) is 13.7 Å². The van der Waals surface area contributed by atoms with Gasteiger partial charge in [-0.15, -0.1) is 0 Å². The Kier molecular flexibility index (Phi) is 6.68. The van der Waals surface area contributed by atoms with E-state index in [4.69, 9.17) is 4.74 Å². The molecule has 1 atom stereocenters. The van der Waals surface area contributed by atoms with Gasteiger partial charge in [0.15, 0.2) is 0 Å². The van der Waals surface area contributed by atoms with Gasteiger partial charge < -0.3 is 15.2 Å². The first-order chi connectivity index (χ1) is 14.0. The Morgan fingerprint density at radius 1 is 0.931 bits per heavy atom. The molecule has 0 aromatic heterocycles. The number of hydrogen-bond donors (Lipinski definition) is 2. The van der Waals surface area contributed by atoms with Gasteiger partial charge in [-0.1, -0.05) is 66.7 Å². The third-order valence-electron chi connectivity index (χ3n) is 5.04. The van der Waals surface area contributed by atoms with Crippen LogP contribution in [0.4, 0.5) is 0 Å². The highest BCUT2D eigenvalue weighted by molar-refractivity contribution is 5.76. The van der Waals surface area contributed by atoms with Gasteiger partial charge in [0.25, 0.3) is 0 Å². The molecule has 0 saturated carbocycles. The third kappa shape index (κ3) is 5.69. The quantitative estimate of drug-likeness (QED) is 0.603. The SMILES string of the molecule is COc1ccc(CCC(=O)NCC(C)(O)c2ccc(-c3ccccc3)cc2)cc1. The Labute approximate surface area is 172 Å². The molecule has 2 N–H and O–H groups in total. The Hall–Kier alpha value is -3.11. The van der Waals surface area contributed by atoms with Crippen LogP contribution in [0.15, 0.2) is 78.9 Å². The molecule has 4 heteroatoms. The summed E-state index contributed by atoms with van der Waals surface area (Å²) in [7, 11) is 1.63. The van der Waals surface area contributed by atoms with E-state index in [0.717, 1.165) is 28.0 Å². The molecule has 3 aromatic rings. The summed E-state index contributed by atoms with van der Waals surface area (Å²) >= 11 is 0. The maximum Gasteiger partial charge on any atom is 0.220 e. The highest BCUT2D eigenvalue weighted by atomic mass is 16.5.